The Balaban J connectivity index is 1.15. The summed E-state index contributed by atoms with van der Waals surface area (Å²) in [6.07, 6.45) is 20.1. The minimum absolute atomic E-state index is 0.0327. The predicted molar refractivity (Wildman–Crippen MR) is 131 cm³/mol. The zero-order chi connectivity index (χ0) is 24.0. The number of allylic oxidation sites excluding steroid dienone is 2. The molecule has 4 saturated carbocycles. The number of carbonyl (C=O) groups excluding carboxylic acids is 3. The summed E-state index contributed by atoms with van der Waals surface area (Å²) >= 11 is 0. The van der Waals surface area contributed by atoms with Crippen LogP contribution in [-0.4, -0.2) is 34.3 Å². The molecular formula is C29H44O5. The van der Waals surface area contributed by atoms with Gasteiger partial charge in [-0.2, -0.15) is 0 Å². The number of hydrogen-bond donors (Lipinski definition) is 1. The molecule has 4 fully saturated rings. The summed E-state index contributed by atoms with van der Waals surface area (Å²) in [6.45, 7) is 0. The fourth-order valence-corrected chi connectivity index (χ4v) is 6.77. The normalized spacial score (nSPS) is 32.9. The third kappa shape index (κ3) is 6.59. The van der Waals surface area contributed by atoms with Gasteiger partial charge < -0.3 is 9.84 Å². The van der Waals surface area contributed by atoms with Crippen LogP contribution in [0.1, 0.15) is 116 Å². The zero-order valence-corrected chi connectivity index (χ0v) is 20.8. The minimum atomic E-state index is -1.11. The van der Waals surface area contributed by atoms with Crippen molar-refractivity contribution in [1.29, 1.82) is 0 Å². The fourth-order valence-electron chi connectivity index (χ4n) is 6.77. The molecule has 4 aliphatic rings. The number of aliphatic hydroxyl groups is 1. The van der Waals surface area contributed by atoms with Crippen molar-refractivity contribution in [3.05, 3.63) is 12.2 Å². The van der Waals surface area contributed by atoms with Crippen LogP contribution in [0.4, 0.5) is 0 Å². The van der Waals surface area contributed by atoms with E-state index in [1.54, 1.807) is 0 Å². The van der Waals surface area contributed by atoms with Crippen LogP contribution in [0.25, 0.3) is 0 Å². The molecule has 0 aromatic carbocycles. The lowest BCUT2D eigenvalue weighted by Gasteiger charge is -2.36. The van der Waals surface area contributed by atoms with E-state index in [0.29, 0.717) is 37.4 Å². The van der Waals surface area contributed by atoms with Crippen LogP contribution in [-0.2, 0) is 19.1 Å². The Morgan fingerprint density at radius 3 is 1.91 bits per heavy atom. The molecule has 0 amide bonds. The molecule has 0 aromatic rings. The number of hydrogen-bond acceptors (Lipinski definition) is 5. The van der Waals surface area contributed by atoms with E-state index >= 15 is 0 Å². The van der Waals surface area contributed by atoms with Crippen molar-refractivity contribution in [2.24, 2.45) is 23.7 Å². The molecule has 0 heterocycles. The van der Waals surface area contributed by atoms with Gasteiger partial charge in [0, 0.05) is 11.8 Å². The van der Waals surface area contributed by atoms with E-state index < -0.39 is 5.60 Å². The first-order valence-corrected chi connectivity index (χ1v) is 14.1. The molecule has 0 spiro atoms. The summed E-state index contributed by atoms with van der Waals surface area (Å²) in [7, 11) is 0. The van der Waals surface area contributed by atoms with E-state index in [0.717, 1.165) is 70.6 Å². The summed E-state index contributed by atoms with van der Waals surface area (Å²) in [5.41, 5.74) is -1.11. The second-order valence-corrected chi connectivity index (χ2v) is 11.6. The Morgan fingerprint density at radius 2 is 1.26 bits per heavy atom. The number of Topliss-reactive ketones (excluding diaryl/α,β-unsaturated/α-hetero) is 1. The number of ether oxygens (including phenoxy) is 1. The first kappa shape index (κ1) is 25.6. The van der Waals surface area contributed by atoms with E-state index in [-0.39, 0.29) is 35.6 Å². The lowest BCUT2D eigenvalue weighted by atomic mass is 9.73. The molecule has 190 valence electrons. The van der Waals surface area contributed by atoms with Crippen molar-refractivity contribution in [2.75, 3.05) is 0 Å². The molecular weight excluding hydrogens is 428 g/mol. The van der Waals surface area contributed by atoms with Crippen LogP contribution in [0, 0.1) is 23.7 Å². The van der Waals surface area contributed by atoms with Crippen LogP contribution < -0.4 is 0 Å². The highest BCUT2D eigenvalue weighted by molar-refractivity contribution is 5.91. The predicted octanol–water partition coefficient (Wildman–Crippen LogP) is 5.86. The van der Waals surface area contributed by atoms with E-state index in [2.05, 4.69) is 6.08 Å². The van der Waals surface area contributed by atoms with Gasteiger partial charge in [-0.1, -0.05) is 44.6 Å². The third-order valence-corrected chi connectivity index (χ3v) is 9.11. The zero-order valence-electron chi connectivity index (χ0n) is 20.8. The number of rotatable bonds is 7. The van der Waals surface area contributed by atoms with Crippen molar-refractivity contribution in [3.63, 3.8) is 0 Å². The van der Waals surface area contributed by atoms with Crippen molar-refractivity contribution in [1.82, 2.24) is 0 Å². The molecule has 4 aliphatic carbocycles. The molecule has 0 unspecified atom stereocenters. The molecule has 0 radical (unpaired) electrons. The molecule has 5 heteroatoms. The molecule has 1 N–H and O–H groups in total. The topological polar surface area (TPSA) is 80.7 Å². The van der Waals surface area contributed by atoms with Crippen LogP contribution in [0.15, 0.2) is 12.2 Å². The van der Waals surface area contributed by atoms with E-state index in [9.17, 15) is 19.5 Å². The van der Waals surface area contributed by atoms with E-state index in [1.165, 1.54) is 19.3 Å². The van der Waals surface area contributed by atoms with Gasteiger partial charge in [0.15, 0.2) is 11.6 Å². The van der Waals surface area contributed by atoms with Gasteiger partial charge in [-0.25, -0.2) is 0 Å². The van der Waals surface area contributed by atoms with Crippen LogP contribution >= 0.6 is 0 Å². The Bertz CT molecular complexity index is 728. The average molecular weight is 473 g/mol. The van der Waals surface area contributed by atoms with Crippen LogP contribution in [0.5, 0.6) is 0 Å². The molecule has 0 atom stereocenters. The third-order valence-electron chi connectivity index (χ3n) is 9.11. The lowest BCUT2D eigenvalue weighted by Crippen LogP contribution is -2.45. The van der Waals surface area contributed by atoms with Gasteiger partial charge in [0.1, 0.15) is 11.7 Å². The van der Waals surface area contributed by atoms with E-state index in [1.807, 2.05) is 6.08 Å². The highest BCUT2D eigenvalue weighted by Crippen LogP contribution is 2.37. The number of ketones is 2. The molecule has 0 aliphatic heterocycles. The van der Waals surface area contributed by atoms with Crippen molar-refractivity contribution >= 4 is 17.5 Å². The highest BCUT2D eigenvalue weighted by atomic mass is 16.5. The van der Waals surface area contributed by atoms with Gasteiger partial charge in [-0.3, -0.25) is 14.4 Å². The van der Waals surface area contributed by atoms with Gasteiger partial charge in [-0.05, 0) is 89.0 Å². The number of esters is 1. The van der Waals surface area contributed by atoms with Crippen molar-refractivity contribution in [2.45, 2.75) is 127 Å². The number of carbonyl (C=O) groups is 3. The Hall–Kier alpha value is -1.49. The largest absolute Gasteiger partial charge is 0.462 e. The Morgan fingerprint density at radius 1 is 0.676 bits per heavy atom. The average Bonchev–Trinajstić information content (AvgIpc) is 2.88. The first-order valence-electron chi connectivity index (χ1n) is 14.1. The van der Waals surface area contributed by atoms with Gasteiger partial charge in [0.2, 0.25) is 0 Å². The fraction of sp³-hybridized carbons (Fsp3) is 0.828. The van der Waals surface area contributed by atoms with Crippen LogP contribution in [0.2, 0.25) is 0 Å². The second-order valence-electron chi connectivity index (χ2n) is 11.6. The maximum atomic E-state index is 12.9. The molecule has 34 heavy (non-hydrogen) atoms. The monoisotopic (exact) mass is 472 g/mol. The maximum absolute atomic E-state index is 12.9. The summed E-state index contributed by atoms with van der Waals surface area (Å²) in [5.74, 6) is 0.742. The summed E-state index contributed by atoms with van der Waals surface area (Å²) in [5, 5.41) is 10.8. The SMILES string of the molecule is O=C(/C=C/C1CCC(C(=O)OC2CCC(C(=O)C3(O)CCCCC3)CC2)CC1)C1CCCCC1. The molecule has 0 bridgehead atoms. The quantitative estimate of drug-likeness (QED) is 0.370. The molecule has 4 rings (SSSR count). The summed E-state index contributed by atoms with van der Waals surface area (Å²) in [6, 6.07) is 0. The molecule has 5 nitrogen and oxygen atoms in total. The van der Waals surface area contributed by atoms with Crippen molar-refractivity contribution < 1.29 is 24.2 Å². The summed E-state index contributed by atoms with van der Waals surface area (Å²) < 4.78 is 5.86. The highest BCUT2D eigenvalue weighted by Gasteiger charge is 2.42. The van der Waals surface area contributed by atoms with Gasteiger partial charge in [0.25, 0.3) is 0 Å². The lowest BCUT2D eigenvalue weighted by molar-refractivity contribution is -0.158. The maximum Gasteiger partial charge on any atom is 0.309 e. The first-order chi connectivity index (χ1) is 16.4. The molecule has 0 saturated heterocycles. The Labute approximate surface area is 205 Å². The van der Waals surface area contributed by atoms with Gasteiger partial charge in [0.05, 0.1) is 5.92 Å². The Kier molecular flexibility index (Phi) is 9.01. The minimum Gasteiger partial charge on any atom is -0.462 e. The molecule has 0 aromatic heterocycles. The second kappa shape index (κ2) is 12.0. The smallest absolute Gasteiger partial charge is 0.309 e. The van der Waals surface area contributed by atoms with Gasteiger partial charge >= 0.3 is 5.97 Å². The van der Waals surface area contributed by atoms with E-state index in [4.69, 9.17) is 4.74 Å². The van der Waals surface area contributed by atoms with Gasteiger partial charge in [-0.15, -0.1) is 0 Å². The van der Waals surface area contributed by atoms with Crippen LogP contribution in [0.3, 0.4) is 0 Å². The summed E-state index contributed by atoms with van der Waals surface area (Å²) in [4.78, 5) is 38.1. The standard InChI is InChI=1S/C29H44O5/c30-26(22-7-3-1-4-8-22)18-11-21-9-12-24(13-10-21)28(32)34-25-16-14-23(15-17-25)27(31)29(33)19-5-2-6-20-29/h11,18,21-25,33H,1-10,12-17,19-20H2/b18-11+. The van der Waals surface area contributed by atoms with Crippen molar-refractivity contribution in [3.8, 4) is 0 Å².